The SMILES string of the molecule is FC(F)(F)c1ccc(-c2nc3c4c5c2Cc2nc(-c6ccc(C(F)(F)F)cc6)c6c(c25)c2c(nc(-c5ccc(C(F)(F)F)cc5)c(c42)C3)C6)cc1. The summed E-state index contributed by atoms with van der Waals surface area (Å²) in [5.41, 5.74) is 4.92. The third kappa shape index (κ3) is 4.19. The van der Waals surface area contributed by atoms with Crippen LogP contribution >= 0.6 is 0 Å². The molecule has 0 aliphatic heterocycles. The predicted octanol–water partition coefficient (Wildman–Crippen LogP) is 11.1. The second-order valence-electron chi connectivity index (χ2n) is 13.2. The van der Waals surface area contributed by atoms with Crippen molar-refractivity contribution in [3.8, 4) is 33.8 Å². The maximum atomic E-state index is 13.5. The number of nitrogens with zero attached hydrogens (tertiary/aromatic N) is 3. The summed E-state index contributed by atoms with van der Waals surface area (Å²) in [6, 6.07) is 14.4. The van der Waals surface area contributed by atoms with Crippen molar-refractivity contribution in [3.63, 3.8) is 0 Å². The summed E-state index contributed by atoms with van der Waals surface area (Å²) in [6.45, 7) is 0. The summed E-state index contributed by atoms with van der Waals surface area (Å²) in [4.78, 5) is 15.2. The molecule has 7 aromatic rings. The molecule has 3 aliphatic carbocycles. The second-order valence-corrected chi connectivity index (χ2v) is 13.2. The zero-order valence-electron chi connectivity index (χ0n) is 25.8. The molecule has 0 atom stereocenters. The average Bonchev–Trinajstić information content (AvgIpc) is 3.77. The van der Waals surface area contributed by atoms with E-state index in [2.05, 4.69) is 0 Å². The van der Waals surface area contributed by atoms with Gasteiger partial charge in [0.2, 0.25) is 0 Å². The summed E-state index contributed by atoms with van der Waals surface area (Å²) in [6.07, 6.45) is -12.7. The summed E-state index contributed by atoms with van der Waals surface area (Å²) in [7, 11) is 0. The van der Waals surface area contributed by atoms with Crippen LogP contribution in [-0.2, 0) is 37.8 Å². The highest BCUT2D eigenvalue weighted by Gasteiger charge is 2.39. The van der Waals surface area contributed by atoms with Crippen LogP contribution in [-0.4, -0.2) is 15.0 Å². The topological polar surface area (TPSA) is 38.7 Å². The first-order valence-corrected chi connectivity index (χ1v) is 15.9. The van der Waals surface area contributed by atoms with Gasteiger partial charge in [-0.25, -0.2) is 0 Å². The second kappa shape index (κ2) is 9.62. The minimum Gasteiger partial charge on any atom is -0.251 e. The van der Waals surface area contributed by atoms with Gasteiger partial charge in [0.25, 0.3) is 0 Å². The van der Waals surface area contributed by atoms with Crippen LogP contribution in [0.2, 0.25) is 0 Å². The van der Waals surface area contributed by atoms with E-state index in [1.54, 1.807) is 0 Å². The smallest absolute Gasteiger partial charge is 0.251 e. The Hall–Kier alpha value is -5.52. The van der Waals surface area contributed by atoms with Crippen LogP contribution < -0.4 is 0 Å². The average molecular weight is 700 g/mol. The van der Waals surface area contributed by atoms with Crippen molar-refractivity contribution < 1.29 is 39.5 Å². The van der Waals surface area contributed by atoms with Crippen molar-refractivity contribution in [3.05, 3.63) is 123 Å². The lowest BCUT2D eigenvalue weighted by atomic mass is 9.93. The lowest BCUT2D eigenvalue weighted by molar-refractivity contribution is -0.138. The van der Waals surface area contributed by atoms with Crippen LogP contribution in [0, 0.1) is 0 Å². The van der Waals surface area contributed by atoms with Crippen LogP contribution in [0.5, 0.6) is 0 Å². The number of pyridine rings is 3. The molecule has 3 nitrogen and oxygen atoms in total. The summed E-state index contributed by atoms with van der Waals surface area (Å²) in [5.74, 6) is 0. The Bertz CT molecular complexity index is 2360. The van der Waals surface area contributed by atoms with Gasteiger partial charge in [0.05, 0.1) is 50.9 Å². The van der Waals surface area contributed by atoms with Crippen molar-refractivity contribution in [1.82, 2.24) is 15.0 Å². The van der Waals surface area contributed by atoms with Crippen molar-refractivity contribution in [2.75, 3.05) is 0 Å². The van der Waals surface area contributed by atoms with Crippen LogP contribution in [0.1, 0.15) is 50.5 Å². The Labute approximate surface area is 281 Å². The molecule has 0 N–H and O–H groups in total. The van der Waals surface area contributed by atoms with E-state index in [9.17, 15) is 39.5 Å². The zero-order chi connectivity index (χ0) is 35.4. The molecule has 0 amide bonds. The molecule has 0 saturated carbocycles. The number of benzene rings is 4. The van der Waals surface area contributed by atoms with Gasteiger partial charge in [-0.05, 0) is 69.2 Å². The molecule has 0 saturated heterocycles. The van der Waals surface area contributed by atoms with E-state index in [4.69, 9.17) is 15.0 Å². The van der Waals surface area contributed by atoms with Crippen molar-refractivity contribution in [1.29, 1.82) is 0 Å². The number of halogens is 9. The number of rotatable bonds is 3. The van der Waals surface area contributed by atoms with Gasteiger partial charge < -0.3 is 0 Å². The Kier molecular flexibility index (Phi) is 5.72. The first-order valence-electron chi connectivity index (χ1n) is 15.9. The first-order chi connectivity index (χ1) is 24.2. The van der Waals surface area contributed by atoms with E-state index in [0.29, 0.717) is 70.1 Å². The normalized spacial score (nSPS) is 14.5. The van der Waals surface area contributed by atoms with Gasteiger partial charge in [-0.3, -0.25) is 15.0 Å². The highest BCUT2D eigenvalue weighted by Crippen LogP contribution is 2.56. The fraction of sp³-hybridized carbons (Fsp3) is 0.154. The van der Waals surface area contributed by atoms with Crippen LogP contribution in [0.4, 0.5) is 39.5 Å². The number of alkyl halides is 9. The van der Waals surface area contributed by atoms with Gasteiger partial charge in [0, 0.05) is 52.1 Å². The number of hydrogen-bond donors (Lipinski definition) is 0. The fourth-order valence-corrected chi connectivity index (χ4v) is 8.22. The maximum absolute atomic E-state index is 13.5. The molecule has 0 unspecified atom stereocenters. The highest BCUT2D eigenvalue weighted by atomic mass is 19.4. The molecule has 51 heavy (non-hydrogen) atoms. The van der Waals surface area contributed by atoms with Crippen molar-refractivity contribution >= 4 is 32.3 Å². The minimum atomic E-state index is -4.53. The standard InChI is InChI=1S/C39H18F9N3/c40-37(41,42)19-7-1-16(2-8-19)34-22-13-26-32-28(22)31-25(49-34)14-23-29(31)33-27(51-35(23)17-3-9-20(10-4-17)38(43,44)45)15-24(30(32)33)36(50-26)18-5-11-21(12-6-18)39(46,47)48/h1-12H,13-15H2. The molecule has 3 aromatic heterocycles. The van der Waals surface area contributed by atoms with E-state index in [1.807, 2.05) is 0 Å². The predicted molar refractivity (Wildman–Crippen MR) is 172 cm³/mol. The molecule has 10 rings (SSSR count). The molecule has 0 fully saturated rings. The zero-order valence-corrected chi connectivity index (χ0v) is 25.8. The third-order valence-electron chi connectivity index (χ3n) is 10.4. The van der Waals surface area contributed by atoms with Gasteiger partial charge in [-0.1, -0.05) is 36.4 Å². The molecule has 252 valence electrons. The van der Waals surface area contributed by atoms with E-state index in [1.165, 1.54) is 36.4 Å². The van der Waals surface area contributed by atoms with Crippen LogP contribution in [0.25, 0.3) is 66.1 Å². The number of aromatic nitrogens is 3. The molecule has 0 bridgehead atoms. The molecule has 4 aromatic carbocycles. The fourth-order valence-electron chi connectivity index (χ4n) is 8.22. The van der Waals surface area contributed by atoms with Crippen LogP contribution in [0.15, 0.2) is 72.8 Å². The Morgan fingerprint density at radius 3 is 0.784 bits per heavy atom. The van der Waals surface area contributed by atoms with Crippen molar-refractivity contribution in [2.24, 2.45) is 0 Å². The third-order valence-corrected chi connectivity index (χ3v) is 10.4. The van der Waals surface area contributed by atoms with E-state index in [-0.39, 0.29) is 0 Å². The largest absolute Gasteiger partial charge is 0.416 e. The molecule has 0 radical (unpaired) electrons. The molecule has 3 aliphatic rings. The van der Waals surface area contributed by atoms with Crippen molar-refractivity contribution in [2.45, 2.75) is 37.8 Å². The maximum Gasteiger partial charge on any atom is 0.416 e. The monoisotopic (exact) mass is 699 g/mol. The van der Waals surface area contributed by atoms with Gasteiger partial charge in [0.15, 0.2) is 0 Å². The first kappa shape index (κ1) is 30.3. The summed E-state index contributed by atoms with van der Waals surface area (Å²) < 4.78 is 121. The summed E-state index contributed by atoms with van der Waals surface area (Å²) in [5, 5.41) is 5.21. The highest BCUT2D eigenvalue weighted by molar-refractivity contribution is 6.34. The van der Waals surface area contributed by atoms with Gasteiger partial charge in [-0.15, -0.1) is 0 Å². The van der Waals surface area contributed by atoms with E-state index < -0.39 is 35.2 Å². The Balaban J connectivity index is 1.26. The molecule has 0 spiro atoms. The minimum absolute atomic E-state index is 0.292. The van der Waals surface area contributed by atoms with Gasteiger partial charge in [0.1, 0.15) is 0 Å². The van der Waals surface area contributed by atoms with Crippen LogP contribution in [0.3, 0.4) is 0 Å². The lowest BCUT2D eigenvalue weighted by Gasteiger charge is -2.14. The van der Waals surface area contributed by atoms with E-state index >= 15 is 0 Å². The summed E-state index contributed by atoms with van der Waals surface area (Å²) >= 11 is 0. The Morgan fingerprint density at radius 1 is 0.333 bits per heavy atom. The molecular formula is C39H18F9N3. The van der Waals surface area contributed by atoms with E-state index in [0.717, 1.165) is 85.4 Å². The molecular weight excluding hydrogens is 681 g/mol. The lowest BCUT2D eigenvalue weighted by Crippen LogP contribution is -2.04. The molecule has 3 heterocycles. The Morgan fingerprint density at radius 2 is 0.569 bits per heavy atom. The number of hydrogen-bond acceptors (Lipinski definition) is 3. The van der Waals surface area contributed by atoms with Gasteiger partial charge >= 0.3 is 18.5 Å². The van der Waals surface area contributed by atoms with Gasteiger partial charge in [-0.2, -0.15) is 39.5 Å². The molecule has 12 heteroatoms. The quantitative estimate of drug-likeness (QED) is 0.136.